The molecule has 7 heteroatoms. The van der Waals surface area contributed by atoms with E-state index in [9.17, 15) is 4.79 Å². The fourth-order valence-corrected chi connectivity index (χ4v) is 3.94. The van der Waals surface area contributed by atoms with E-state index in [-0.39, 0.29) is 5.91 Å². The van der Waals surface area contributed by atoms with Gasteiger partial charge in [-0.05, 0) is 24.6 Å². The molecule has 0 unspecified atom stereocenters. The van der Waals surface area contributed by atoms with Gasteiger partial charge in [0.05, 0.1) is 13.2 Å². The van der Waals surface area contributed by atoms with Crippen molar-refractivity contribution < 1.29 is 9.53 Å². The van der Waals surface area contributed by atoms with Crippen LogP contribution in [0.15, 0.2) is 29.4 Å². The molecule has 1 aliphatic rings. The summed E-state index contributed by atoms with van der Waals surface area (Å²) in [4.78, 5) is 14.3. The molecule has 0 spiro atoms. The van der Waals surface area contributed by atoms with E-state index in [1.54, 1.807) is 11.8 Å². The zero-order valence-electron chi connectivity index (χ0n) is 15.6. The molecule has 0 aliphatic carbocycles. The van der Waals surface area contributed by atoms with Gasteiger partial charge in [-0.2, -0.15) is 0 Å². The van der Waals surface area contributed by atoms with Gasteiger partial charge in [0.2, 0.25) is 0 Å². The zero-order chi connectivity index (χ0) is 18.5. The van der Waals surface area contributed by atoms with Crippen molar-refractivity contribution in [2.24, 2.45) is 0 Å². The lowest BCUT2D eigenvalue weighted by Gasteiger charge is -2.26. The summed E-state index contributed by atoms with van der Waals surface area (Å²) in [5, 5.41) is 9.60. The molecule has 3 rings (SSSR count). The first-order valence-corrected chi connectivity index (χ1v) is 10.1. The maximum absolute atomic E-state index is 12.5. The zero-order valence-corrected chi connectivity index (χ0v) is 16.5. The van der Waals surface area contributed by atoms with Crippen molar-refractivity contribution in [1.82, 2.24) is 19.7 Å². The molecule has 0 N–H and O–H groups in total. The smallest absolute Gasteiger partial charge is 0.254 e. The molecule has 1 aliphatic heterocycles. The van der Waals surface area contributed by atoms with Crippen molar-refractivity contribution in [2.45, 2.75) is 44.1 Å². The summed E-state index contributed by atoms with van der Waals surface area (Å²) in [6.07, 6.45) is 0. The van der Waals surface area contributed by atoms with Crippen LogP contribution in [0.4, 0.5) is 0 Å². The Morgan fingerprint density at radius 2 is 1.88 bits per heavy atom. The molecule has 0 bridgehead atoms. The standard InChI is InChI=1S/C19H26N4O2S/c1-4-23-17(14(2)3)20-21-19(23)26-13-15-5-7-16(8-6-15)18(24)22-9-11-25-12-10-22/h5-8,14H,4,9-13H2,1-3H3. The highest BCUT2D eigenvalue weighted by atomic mass is 32.2. The lowest BCUT2D eigenvalue weighted by atomic mass is 10.1. The quantitative estimate of drug-likeness (QED) is 0.727. The summed E-state index contributed by atoms with van der Waals surface area (Å²) >= 11 is 1.68. The Hall–Kier alpha value is -1.86. The van der Waals surface area contributed by atoms with Gasteiger partial charge in [0, 0.05) is 36.9 Å². The number of morpholine rings is 1. The molecule has 2 aromatic rings. The molecule has 1 amide bonds. The molecule has 0 radical (unpaired) electrons. The number of thioether (sulfide) groups is 1. The van der Waals surface area contributed by atoms with Crippen LogP contribution in [0.2, 0.25) is 0 Å². The number of benzene rings is 1. The Morgan fingerprint density at radius 3 is 2.50 bits per heavy atom. The van der Waals surface area contributed by atoms with E-state index in [1.165, 1.54) is 5.56 Å². The van der Waals surface area contributed by atoms with Gasteiger partial charge >= 0.3 is 0 Å². The SMILES string of the molecule is CCn1c(SCc2ccc(C(=O)N3CCOCC3)cc2)nnc1C(C)C. The Morgan fingerprint density at radius 1 is 1.19 bits per heavy atom. The minimum atomic E-state index is 0.0832. The predicted molar refractivity (Wildman–Crippen MR) is 103 cm³/mol. The van der Waals surface area contributed by atoms with Gasteiger partial charge in [-0.1, -0.05) is 37.7 Å². The van der Waals surface area contributed by atoms with Crippen LogP contribution in [0.25, 0.3) is 0 Å². The minimum Gasteiger partial charge on any atom is -0.378 e. The summed E-state index contributed by atoms with van der Waals surface area (Å²) < 4.78 is 7.48. The van der Waals surface area contributed by atoms with Gasteiger partial charge in [-0.15, -0.1) is 10.2 Å². The van der Waals surface area contributed by atoms with E-state index in [0.29, 0.717) is 32.2 Å². The first kappa shape index (κ1) is 18.9. The normalized spacial score (nSPS) is 14.8. The fraction of sp³-hybridized carbons (Fsp3) is 0.526. The van der Waals surface area contributed by atoms with E-state index in [0.717, 1.165) is 28.8 Å². The van der Waals surface area contributed by atoms with E-state index >= 15 is 0 Å². The molecule has 1 fully saturated rings. The number of carbonyl (C=O) groups excluding carboxylic acids is 1. The van der Waals surface area contributed by atoms with Crippen molar-refractivity contribution in [3.63, 3.8) is 0 Å². The van der Waals surface area contributed by atoms with Crippen LogP contribution in [0.1, 0.15) is 48.4 Å². The molecule has 1 aromatic carbocycles. The number of aromatic nitrogens is 3. The van der Waals surface area contributed by atoms with Gasteiger partial charge < -0.3 is 14.2 Å². The average molecular weight is 375 g/mol. The Bertz CT molecular complexity index is 736. The molecule has 1 saturated heterocycles. The van der Waals surface area contributed by atoms with Crippen LogP contribution in [-0.4, -0.2) is 51.9 Å². The summed E-state index contributed by atoms with van der Waals surface area (Å²) in [7, 11) is 0. The molecule has 0 saturated carbocycles. The molecule has 2 heterocycles. The van der Waals surface area contributed by atoms with Crippen LogP contribution < -0.4 is 0 Å². The first-order chi connectivity index (χ1) is 12.6. The topological polar surface area (TPSA) is 60.2 Å². The van der Waals surface area contributed by atoms with Crippen LogP contribution in [0.3, 0.4) is 0 Å². The largest absolute Gasteiger partial charge is 0.378 e. The van der Waals surface area contributed by atoms with Gasteiger partial charge in [-0.3, -0.25) is 4.79 Å². The third-order valence-corrected chi connectivity index (χ3v) is 5.48. The second-order valence-corrected chi connectivity index (χ2v) is 7.57. The second kappa shape index (κ2) is 8.68. The number of rotatable bonds is 6. The molecular formula is C19H26N4O2S. The van der Waals surface area contributed by atoms with Crippen LogP contribution in [0.5, 0.6) is 0 Å². The van der Waals surface area contributed by atoms with Gasteiger partial charge in [0.25, 0.3) is 5.91 Å². The van der Waals surface area contributed by atoms with Gasteiger partial charge in [0.1, 0.15) is 5.82 Å². The maximum atomic E-state index is 12.5. The Balaban J connectivity index is 1.62. The maximum Gasteiger partial charge on any atom is 0.254 e. The van der Waals surface area contributed by atoms with Crippen molar-refractivity contribution in [3.05, 3.63) is 41.2 Å². The molecule has 6 nitrogen and oxygen atoms in total. The number of hydrogen-bond acceptors (Lipinski definition) is 5. The molecule has 140 valence electrons. The summed E-state index contributed by atoms with van der Waals surface area (Å²) in [6, 6.07) is 7.88. The summed E-state index contributed by atoms with van der Waals surface area (Å²) in [5.41, 5.74) is 1.91. The Kier molecular flexibility index (Phi) is 6.32. The third kappa shape index (κ3) is 4.27. The molecule has 26 heavy (non-hydrogen) atoms. The van der Waals surface area contributed by atoms with E-state index < -0.39 is 0 Å². The number of nitrogens with zero attached hydrogens (tertiary/aromatic N) is 4. The number of carbonyl (C=O) groups is 1. The number of ether oxygens (including phenoxy) is 1. The van der Waals surface area contributed by atoms with E-state index in [2.05, 4.69) is 35.5 Å². The van der Waals surface area contributed by atoms with Crippen molar-refractivity contribution >= 4 is 17.7 Å². The van der Waals surface area contributed by atoms with Crippen LogP contribution in [-0.2, 0) is 17.0 Å². The second-order valence-electron chi connectivity index (χ2n) is 6.63. The van der Waals surface area contributed by atoms with E-state index in [1.807, 2.05) is 29.2 Å². The highest BCUT2D eigenvalue weighted by Crippen LogP contribution is 2.24. The predicted octanol–water partition coefficient (Wildman–Crippen LogP) is 3.19. The molecule has 0 atom stereocenters. The number of amides is 1. The summed E-state index contributed by atoms with van der Waals surface area (Å²) in [6.45, 7) is 9.83. The average Bonchev–Trinajstić information content (AvgIpc) is 3.10. The van der Waals surface area contributed by atoms with Crippen molar-refractivity contribution in [2.75, 3.05) is 26.3 Å². The lowest BCUT2D eigenvalue weighted by Crippen LogP contribution is -2.40. The highest BCUT2D eigenvalue weighted by Gasteiger charge is 2.18. The highest BCUT2D eigenvalue weighted by molar-refractivity contribution is 7.98. The first-order valence-electron chi connectivity index (χ1n) is 9.12. The van der Waals surface area contributed by atoms with Crippen molar-refractivity contribution in [1.29, 1.82) is 0 Å². The van der Waals surface area contributed by atoms with Crippen molar-refractivity contribution in [3.8, 4) is 0 Å². The van der Waals surface area contributed by atoms with E-state index in [4.69, 9.17) is 4.74 Å². The Labute approximate surface area is 158 Å². The van der Waals surface area contributed by atoms with Crippen LogP contribution >= 0.6 is 11.8 Å². The van der Waals surface area contributed by atoms with Gasteiger partial charge in [0.15, 0.2) is 5.16 Å². The van der Waals surface area contributed by atoms with Gasteiger partial charge in [-0.25, -0.2) is 0 Å². The fourth-order valence-electron chi connectivity index (χ4n) is 2.97. The third-order valence-electron chi connectivity index (χ3n) is 4.45. The number of hydrogen-bond donors (Lipinski definition) is 0. The molecular weight excluding hydrogens is 348 g/mol. The monoisotopic (exact) mass is 374 g/mol. The molecule has 1 aromatic heterocycles. The summed E-state index contributed by atoms with van der Waals surface area (Å²) in [5.74, 6) is 2.28. The lowest BCUT2D eigenvalue weighted by molar-refractivity contribution is 0.0303. The van der Waals surface area contributed by atoms with Crippen LogP contribution in [0, 0.1) is 0 Å². The minimum absolute atomic E-state index is 0.0832.